The summed E-state index contributed by atoms with van der Waals surface area (Å²) in [6.07, 6.45) is 0.418. The first-order valence-corrected chi connectivity index (χ1v) is 11.0. The summed E-state index contributed by atoms with van der Waals surface area (Å²) < 4.78 is 45.1. The lowest BCUT2D eigenvalue weighted by Gasteiger charge is -2.34. The van der Waals surface area contributed by atoms with E-state index in [1.54, 1.807) is 36.1 Å². The highest BCUT2D eigenvalue weighted by Gasteiger charge is 2.30. The Balaban J connectivity index is 1.51. The molecule has 0 atom stereocenters. The quantitative estimate of drug-likeness (QED) is 0.625. The second-order valence-electron chi connectivity index (χ2n) is 6.83. The van der Waals surface area contributed by atoms with Crippen LogP contribution in [0.5, 0.6) is 5.75 Å². The van der Waals surface area contributed by atoms with E-state index < -0.39 is 15.8 Å². The third kappa shape index (κ3) is 5.03. The number of halogens is 1. The number of carbonyl (C=O) groups excluding carboxylic acids is 2. The predicted octanol–water partition coefficient (Wildman–Crippen LogP) is 2.33. The van der Waals surface area contributed by atoms with Gasteiger partial charge in [-0.05, 0) is 48.5 Å². The molecule has 9 heteroatoms. The fourth-order valence-corrected chi connectivity index (χ4v) is 4.53. The molecule has 2 aromatic carbocycles. The molecule has 1 saturated heterocycles. The molecule has 0 radical (unpaired) electrons. The number of hydrogen-bond acceptors (Lipinski definition) is 5. The molecule has 1 heterocycles. The second kappa shape index (κ2) is 9.36. The Morgan fingerprint density at radius 3 is 2.13 bits per heavy atom. The molecule has 3 rings (SSSR count). The van der Waals surface area contributed by atoms with Crippen LogP contribution in [-0.4, -0.2) is 62.1 Å². The lowest BCUT2D eigenvalue weighted by molar-refractivity contribution is -0.134. The lowest BCUT2D eigenvalue weighted by Crippen LogP contribution is -2.51. The predicted molar refractivity (Wildman–Crippen MR) is 108 cm³/mol. The number of nitrogens with zero attached hydrogens (tertiary/aromatic N) is 2. The molecule has 0 aromatic heterocycles. The molecule has 30 heavy (non-hydrogen) atoms. The van der Waals surface area contributed by atoms with Gasteiger partial charge in [0.15, 0.2) is 12.4 Å². The largest absolute Gasteiger partial charge is 0.484 e. The average molecular weight is 434 g/mol. The summed E-state index contributed by atoms with van der Waals surface area (Å²) in [4.78, 5) is 25.6. The maximum absolute atomic E-state index is 13.0. The van der Waals surface area contributed by atoms with E-state index >= 15 is 0 Å². The van der Waals surface area contributed by atoms with Gasteiger partial charge in [-0.15, -0.1) is 0 Å². The number of sulfonamides is 1. The van der Waals surface area contributed by atoms with Gasteiger partial charge in [0.25, 0.3) is 5.91 Å². The minimum Gasteiger partial charge on any atom is -0.484 e. The molecule has 0 N–H and O–H groups in total. The number of amides is 1. The first-order chi connectivity index (χ1) is 14.3. The van der Waals surface area contributed by atoms with Crippen molar-refractivity contribution < 1.29 is 27.1 Å². The van der Waals surface area contributed by atoms with E-state index in [-0.39, 0.29) is 49.4 Å². The first-order valence-electron chi connectivity index (χ1n) is 9.61. The maximum atomic E-state index is 13.0. The van der Waals surface area contributed by atoms with Crippen molar-refractivity contribution in [3.63, 3.8) is 0 Å². The maximum Gasteiger partial charge on any atom is 0.260 e. The number of rotatable bonds is 7. The molecule has 0 unspecified atom stereocenters. The van der Waals surface area contributed by atoms with E-state index in [1.165, 1.54) is 16.4 Å². The van der Waals surface area contributed by atoms with E-state index in [4.69, 9.17) is 4.74 Å². The number of ether oxygens (including phenoxy) is 1. The van der Waals surface area contributed by atoms with E-state index in [9.17, 15) is 22.4 Å². The molecule has 1 fully saturated rings. The molecule has 0 spiro atoms. The Morgan fingerprint density at radius 1 is 0.967 bits per heavy atom. The van der Waals surface area contributed by atoms with Crippen molar-refractivity contribution >= 4 is 21.7 Å². The van der Waals surface area contributed by atoms with Crippen molar-refractivity contribution in [3.05, 3.63) is 59.9 Å². The third-order valence-electron chi connectivity index (χ3n) is 4.90. The molecule has 1 aliphatic heterocycles. The first kappa shape index (κ1) is 21.9. The molecule has 2 aromatic rings. The highest BCUT2D eigenvalue weighted by molar-refractivity contribution is 7.89. The summed E-state index contributed by atoms with van der Waals surface area (Å²) in [7, 11) is -3.73. The van der Waals surface area contributed by atoms with Crippen LogP contribution in [0.3, 0.4) is 0 Å². The van der Waals surface area contributed by atoms with Gasteiger partial charge in [0.05, 0.1) is 4.90 Å². The molecule has 0 saturated carbocycles. The highest BCUT2D eigenvalue weighted by atomic mass is 32.2. The molecule has 1 amide bonds. The summed E-state index contributed by atoms with van der Waals surface area (Å²) in [5.74, 6) is -0.238. The van der Waals surface area contributed by atoms with Crippen LogP contribution in [0.25, 0.3) is 0 Å². The van der Waals surface area contributed by atoms with Crippen molar-refractivity contribution in [3.8, 4) is 5.75 Å². The minimum absolute atomic E-state index is 0.0250. The summed E-state index contributed by atoms with van der Waals surface area (Å²) in [5.41, 5.74) is 0.592. The third-order valence-corrected chi connectivity index (χ3v) is 6.82. The molecule has 1 aliphatic rings. The van der Waals surface area contributed by atoms with Crippen LogP contribution in [-0.2, 0) is 14.8 Å². The summed E-state index contributed by atoms with van der Waals surface area (Å²) in [6, 6.07) is 11.3. The zero-order chi connectivity index (χ0) is 21.7. The average Bonchev–Trinajstić information content (AvgIpc) is 2.77. The van der Waals surface area contributed by atoms with Gasteiger partial charge < -0.3 is 9.64 Å². The Morgan fingerprint density at radius 2 is 1.57 bits per heavy atom. The fraction of sp³-hybridized carbons (Fsp3) is 0.333. The molecule has 7 nitrogen and oxygen atoms in total. The van der Waals surface area contributed by atoms with Gasteiger partial charge in [-0.3, -0.25) is 9.59 Å². The highest BCUT2D eigenvalue weighted by Crippen LogP contribution is 2.18. The van der Waals surface area contributed by atoms with Crippen molar-refractivity contribution in [2.24, 2.45) is 0 Å². The van der Waals surface area contributed by atoms with Gasteiger partial charge in [-0.25, -0.2) is 12.8 Å². The van der Waals surface area contributed by atoms with Crippen LogP contribution in [0.1, 0.15) is 23.7 Å². The van der Waals surface area contributed by atoms with Gasteiger partial charge >= 0.3 is 0 Å². The van der Waals surface area contributed by atoms with Crippen LogP contribution < -0.4 is 4.74 Å². The monoisotopic (exact) mass is 434 g/mol. The number of benzene rings is 2. The van der Waals surface area contributed by atoms with Crippen LogP contribution in [0.15, 0.2) is 53.4 Å². The van der Waals surface area contributed by atoms with Crippen LogP contribution in [0, 0.1) is 5.82 Å². The Kier molecular flexibility index (Phi) is 6.84. The van der Waals surface area contributed by atoms with Crippen molar-refractivity contribution in [2.45, 2.75) is 18.2 Å². The summed E-state index contributed by atoms with van der Waals surface area (Å²) in [5, 5.41) is 0. The smallest absolute Gasteiger partial charge is 0.260 e. The Hall–Kier alpha value is -2.78. The Bertz CT molecular complexity index is 999. The van der Waals surface area contributed by atoms with Crippen LogP contribution in [0.2, 0.25) is 0 Å². The van der Waals surface area contributed by atoms with Crippen molar-refractivity contribution in [2.75, 3.05) is 32.8 Å². The van der Waals surface area contributed by atoms with Gasteiger partial charge in [-0.2, -0.15) is 4.31 Å². The zero-order valence-electron chi connectivity index (χ0n) is 16.6. The molecule has 0 aliphatic carbocycles. The molecular weight excluding hydrogens is 411 g/mol. The second-order valence-corrected chi connectivity index (χ2v) is 8.77. The van der Waals surface area contributed by atoms with Crippen molar-refractivity contribution in [1.29, 1.82) is 0 Å². The number of piperazine rings is 1. The number of Topliss-reactive ketones (excluding diaryl/α,β-unsaturated/α-hetero) is 1. The Labute approximate surface area is 175 Å². The van der Waals surface area contributed by atoms with Gasteiger partial charge in [0, 0.05) is 38.2 Å². The summed E-state index contributed by atoms with van der Waals surface area (Å²) >= 11 is 0. The topological polar surface area (TPSA) is 84.0 Å². The number of hydrogen-bond donors (Lipinski definition) is 0. The summed E-state index contributed by atoms with van der Waals surface area (Å²) in [6.45, 7) is 2.40. The molecule has 160 valence electrons. The van der Waals surface area contributed by atoms with E-state index in [0.29, 0.717) is 17.7 Å². The zero-order valence-corrected chi connectivity index (χ0v) is 17.4. The van der Waals surface area contributed by atoms with Gasteiger partial charge in [0.2, 0.25) is 10.0 Å². The standard InChI is InChI=1S/C21H23FN2O5S/c1-2-20(25)16-3-7-18(8-4-16)29-15-21(26)23-11-13-24(14-12-23)30(27,28)19-9-5-17(22)6-10-19/h3-10H,2,11-15H2,1H3. The van der Waals surface area contributed by atoms with Crippen LogP contribution in [0.4, 0.5) is 4.39 Å². The number of ketones is 1. The fourth-order valence-electron chi connectivity index (χ4n) is 3.11. The van der Waals surface area contributed by atoms with Crippen LogP contribution >= 0.6 is 0 Å². The lowest BCUT2D eigenvalue weighted by atomic mass is 10.1. The molecule has 0 bridgehead atoms. The van der Waals surface area contributed by atoms with E-state index in [0.717, 1.165) is 12.1 Å². The van der Waals surface area contributed by atoms with E-state index in [2.05, 4.69) is 0 Å². The van der Waals surface area contributed by atoms with Gasteiger partial charge in [0.1, 0.15) is 11.6 Å². The van der Waals surface area contributed by atoms with Crippen molar-refractivity contribution in [1.82, 2.24) is 9.21 Å². The van der Waals surface area contributed by atoms with E-state index in [1.807, 2.05) is 0 Å². The number of carbonyl (C=O) groups is 2. The SMILES string of the molecule is CCC(=O)c1ccc(OCC(=O)N2CCN(S(=O)(=O)c3ccc(F)cc3)CC2)cc1. The van der Waals surface area contributed by atoms with Gasteiger partial charge in [-0.1, -0.05) is 6.92 Å². The normalized spacial score (nSPS) is 15.1. The minimum atomic E-state index is -3.73. The molecular formula is C21H23FN2O5S.